The van der Waals surface area contributed by atoms with E-state index in [1.54, 1.807) is 0 Å². The minimum absolute atomic E-state index is 0.248. The summed E-state index contributed by atoms with van der Waals surface area (Å²) < 4.78 is 5.58. The lowest BCUT2D eigenvalue weighted by atomic mass is 10.2. The van der Waals surface area contributed by atoms with Crippen molar-refractivity contribution in [2.45, 2.75) is 26.1 Å². The Kier molecular flexibility index (Phi) is 4.87. The van der Waals surface area contributed by atoms with E-state index in [9.17, 15) is 0 Å². The smallest absolute Gasteiger partial charge is 0.0720 e. The van der Waals surface area contributed by atoms with Crippen molar-refractivity contribution in [3.05, 3.63) is 35.9 Å². The Morgan fingerprint density at radius 2 is 2.00 bits per heavy atom. The number of alkyl halides is 1. The van der Waals surface area contributed by atoms with E-state index in [-0.39, 0.29) is 6.10 Å². The normalized spacial score (nSPS) is 12.8. The number of hydrogen-bond donors (Lipinski definition) is 0. The molecule has 0 bridgehead atoms. The molecule has 0 amide bonds. The average molecular weight is 199 g/mol. The van der Waals surface area contributed by atoms with Crippen molar-refractivity contribution in [2.75, 3.05) is 5.88 Å². The first kappa shape index (κ1) is 10.6. The highest BCUT2D eigenvalue weighted by atomic mass is 35.5. The highest BCUT2D eigenvalue weighted by Crippen LogP contribution is 2.05. The van der Waals surface area contributed by atoms with E-state index in [0.29, 0.717) is 12.5 Å². The minimum Gasteiger partial charge on any atom is -0.374 e. The average Bonchev–Trinajstić information content (AvgIpc) is 2.17. The lowest BCUT2D eigenvalue weighted by Gasteiger charge is -2.10. The number of hydrogen-bond acceptors (Lipinski definition) is 1. The van der Waals surface area contributed by atoms with Crippen molar-refractivity contribution in [2.24, 2.45) is 0 Å². The second-order valence-electron chi connectivity index (χ2n) is 3.08. The maximum absolute atomic E-state index is 5.60. The highest BCUT2D eigenvalue weighted by Gasteiger charge is 2.00. The van der Waals surface area contributed by atoms with Gasteiger partial charge < -0.3 is 4.74 Å². The molecular formula is C11H15ClO. The third kappa shape index (κ3) is 4.30. The van der Waals surface area contributed by atoms with Crippen LogP contribution in [0.4, 0.5) is 0 Å². The Bertz CT molecular complexity index is 223. The van der Waals surface area contributed by atoms with Gasteiger partial charge in [-0.3, -0.25) is 0 Å². The third-order valence-electron chi connectivity index (χ3n) is 1.89. The van der Waals surface area contributed by atoms with Gasteiger partial charge in [-0.05, 0) is 18.9 Å². The van der Waals surface area contributed by atoms with Gasteiger partial charge in [-0.1, -0.05) is 30.3 Å². The number of halogens is 1. The van der Waals surface area contributed by atoms with Gasteiger partial charge in [-0.2, -0.15) is 0 Å². The van der Waals surface area contributed by atoms with E-state index in [2.05, 4.69) is 12.1 Å². The molecule has 0 fully saturated rings. The van der Waals surface area contributed by atoms with Crippen LogP contribution >= 0.6 is 11.6 Å². The maximum atomic E-state index is 5.60. The van der Waals surface area contributed by atoms with Gasteiger partial charge >= 0.3 is 0 Å². The SMILES string of the molecule is C[C@@H](CCCl)OCc1ccccc1. The van der Waals surface area contributed by atoms with Crippen LogP contribution in [-0.2, 0) is 11.3 Å². The summed E-state index contributed by atoms with van der Waals surface area (Å²) in [5.41, 5.74) is 1.21. The summed E-state index contributed by atoms with van der Waals surface area (Å²) in [4.78, 5) is 0. The summed E-state index contributed by atoms with van der Waals surface area (Å²) in [6.07, 6.45) is 1.16. The molecule has 0 aliphatic rings. The van der Waals surface area contributed by atoms with Gasteiger partial charge in [0.25, 0.3) is 0 Å². The topological polar surface area (TPSA) is 9.23 Å². The molecule has 0 unspecified atom stereocenters. The predicted molar refractivity (Wildman–Crippen MR) is 56.0 cm³/mol. The summed E-state index contributed by atoms with van der Waals surface area (Å²) in [5, 5.41) is 0. The summed E-state index contributed by atoms with van der Waals surface area (Å²) >= 11 is 5.60. The van der Waals surface area contributed by atoms with Crippen molar-refractivity contribution in [1.29, 1.82) is 0 Å². The van der Waals surface area contributed by atoms with Crippen LogP contribution in [0.5, 0.6) is 0 Å². The quantitative estimate of drug-likeness (QED) is 0.661. The Hall–Kier alpha value is -0.530. The second-order valence-corrected chi connectivity index (χ2v) is 3.46. The van der Waals surface area contributed by atoms with Crippen LogP contribution in [0.3, 0.4) is 0 Å². The fourth-order valence-corrected chi connectivity index (χ4v) is 1.36. The molecule has 0 aliphatic carbocycles. The molecule has 0 radical (unpaired) electrons. The van der Waals surface area contributed by atoms with Crippen molar-refractivity contribution in [3.8, 4) is 0 Å². The van der Waals surface area contributed by atoms with E-state index in [4.69, 9.17) is 16.3 Å². The maximum Gasteiger partial charge on any atom is 0.0720 e. The summed E-state index contributed by atoms with van der Waals surface area (Å²) in [6.45, 7) is 2.73. The standard InChI is InChI=1S/C11H15ClO/c1-10(7-8-12)13-9-11-5-3-2-4-6-11/h2-6,10H,7-9H2,1H3/t10-/m0/s1. The van der Waals surface area contributed by atoms with Crippen LogP contribution in [0.15, 0.2) is 30.3 Å². The Labute approximate surface area is 84.7 Å². The molecule has 0 aromatic heterocycles. The van der Waals surface area contributed by atoms with Gasteiger partial charge in [0.15, 0.2) is 0 Å². The summed E-state index contributed by atoms with van der Waals surface area (Å²) in [5.74, 6) is 0.663. The van der Waals surface area contributed by atoms with Gasteiger partial charge in [0.1, 0.15) is 0 Å². The van der Waals surface area contributed by atoms with Crippen molar-refractivity contribution in [3.63, 3.8) is 0 Å². The van der Waals surface area contributed by atoms with Crippen molar-refractivity contribution >= 4 is 11.6 Å². The summed E-state index contributed by atoms with van der Waals surface area (Å²) in [7, 11) is 0. The van der Waals surface area contributed by atoms with Gasteiger partial charge in [-0.25, -0.2) is 0 Å². The van der Waals surface area contributed by atoms with Crippen LogP contribution in [0.1, 0.15) is 18.9 Å². The van der Waals surface area contributed by atoms with E-state index in [1.807, 2.05) is 25.1 Å². The first-order chi connectivity index (χ1) is 6.33. The molecule has 13 heavy (non-hydrogen) atoms. The van der Waals surface area contributed by atoms with Crippen LogP contribution in [0.25, 0.3) is 0 Å². The minimum atomic E-state index is 0.248. The van der Waals surface area contributed by atoms with E-state index >= 15 is 0 Å². The first-order valence-corrected chi connectivity index (χ1v) is 5.08. The van der Waals surface area contributed by atoms with Gasteiger partial charge in [-0.15, -0.1) is 11.6 Å². The molecule has 0 saturated carbocycles. The Morgan fingerprint density at radius 3 is 2.62 bits per heavy atom. The number of ether oxygens (including phenoxy) is 1. The fraction of sp³-hybridized carbons (Fsp3) is 0.455. The van der Waals surface area contributed by atoms with Crippen LogP contribution in [0.2, 0.25) is 0 Å². The zero-order chi connectivity index (χ0) is 9.52. The molecule has 1 nitrogen and oxygen atoms in total. The fourth-order valence-electron chi connectivity index (χ4n) is 1.05. The zero-order valence-electron chi connectivity index (χ0n) is 7.87. The van der Waals surface area contributed by atoms with Crippen LogP contribution in [-0.4, -0.2) is 12.0 Å². The van der Waals surface area contributed by atoms with Gasteiger partial charge in [0.05, 0.1) is 12.7 Å². The molecule has 2 heteroatoms. The summed E-state index contributed by atoms with van der Waals surface area (Å²) in [6, 6.07) is 10.2. The molecule has 0 spiro atoms. The van der Waals surface area contributed by atoms with E-state index < -0.39 is 0 Å². The van der Waals surface area contributed by atoms with Gasteiger partial charge in [0.2, 0.25) is 0 Å². The van der Waals surface area contributed by atoms with Crippen LogP contribution < -0.4 is 0 Å². The molecule has 0 aliphatic heterocycles. The molecule has 0 N–H and O–H groups in total. The van der Waals surface area contributed by atoms with E-state index in [0.717, 1.165) is 6.42 Å². The highest BCUT2D eigenvalue weighted by molar-refractivity contribution is 6.17. The number of rotatable bonds is 5. The molecule has 1 atom stereocenters. The molecule has 0 saturated heterocycles. The largest absolute Gasteiger partial charge is 0.374 e. The zero-order valence-corrected chi connectivity index (χ0v) is 8.63. The first-order valence-electron chi connectivity index (χ1n) is 4.54. The predicted octanol–water partition coefficient (Wildman–Crippen LogP) is 3.22. The monoisotopic (exact) mass is 198 g/mol. The van der Waals surface area contributed by atoms with Crippen molar-refractivity contribution in [1.82, 2.24) is 0 Å². The molecule has 1 aromatic rings. The third-order valence-corrected chi connectivity index (χ3v) is 2.11. The molecule has 72 valence electrons. The lowest BCUT2D eigenvalue weighted by molar-refractivity contribution is 0.0514. The molecule has 0 heterocycles. The molecule has 1 aromatic carbocycles. The number of benzene rings is 1. The van der Waals surface area contributed by atoms with Crippen molar-refractivity contribution < 1.29 is 4.74 Å². The van der Waals surface area contributed by atoms with Crippen LogP contribution in [0, 0.1) is 0 Å². The Balaban J connectivity index is 2.27. The second kappa shape index (κ2) is 6.01. The Morgan fingerprint density at radius 1 is 1.31 bits per heavy atom. The van der Waals surface area contributed by atoms with Gasteiger partial charge in [0, 0.05) is 5.88 Å². The van der Waals surface area contributed by atoms with E-state index in [1.165, 1.54) is 5.56 Å². The molecule has 1 rings (SSSR count). The lowest BCUT2D eigenvalue weighted by Crippen LogP contribution is -2.08. The molecular weight excluding hydrogens is 184 g/mol.